The molecule has 1 saturated heterocycles. The van der Waals surface area contributed by atoms with E-state index in [9.17, 15) is 9.59 Å². The van der Waals surface area contributed by atoms with E-state index >= 15 is 0 Å². The lowest BCUT2D eigenvalue weighted by Gasteiger charge is -2.25. The van der Waals surface area contributed by atoms with Gasteiger partial charge in [0.05, 0.1) is 0 Å². The number of carboxylic acid groups (broad SMARTS) is 1. The molecule has 0 aliphatic carbocycles. The average Bonchev–Trinajstić information content (AvgIpc) is 2.54. The Morgan fingerprint density at radius 2 is 1.95 bits per heavy atom. The first kappa shape index (κ1) is 16.9. The first-order valence-electron chi connectivity index (χ1n) is 6.82. The van der Waals surface area contributed by atoms with E-state index in [1.54, 1.807) is 29.2 Å². The molecule has 0 bridgehead atoms. The molecule has 0 spiro atoms. The van der Waals surface area contributed by atoms with E-state index in [0.29, 0.717) is 18.8 Å². The van der Waals surface area contributed by atoms with Crippen LogP contribution in [-0.4, -0.2) is 52.7 Å². The van der Waals surface area contributed by atoms with Crippen LogP contribution in [0.3, 0.4) is 0 Å². The fraction of sp³-hybridized carbons (Fsp3) is 0.429. The van der Waals surface area contributed by atoms with Crippen molar-refractivity contribution in [2.75, 3.05) is 24.6 Å². The van der Waals surface area contributed by atoms with E-state index in [1.807, 2.05) is 11.8 Å². The quantitative estimate of drug-likeness (QED) is 0.795. The Morgan fingerprint density at radius 1 is 1.32 bits per heavy atom. The van der Waals surface area contributed by atoms with Gasteiger partial charge in [0, 0.05) is 24.6 Å². The van der Waals surface area contributed by atoms with Crippen LogP contribution in [-0.2, 0) is 11.2 Å². The molecule has 0 unspecified atom stereocenters. The van der Waals surface area contributed by atoms with E-state index in [1.165, 1.54) is 0 Å². The van der Waals surface area contributed by atoms with Crippen LogP contribution in [0.25, 0.3) is 0 Å². The topological polar surface area (TPSA) is 78.9 Å². The highest BCUT2D eigenvalue weighted by atomic mass is 35.5. The van der Waals surface area contributed by atoms with Crippen molar-refractivity contribution in [2.24, 2.45) is 0 Å². The molecule has 1 atom stereocenters. The smallest absolute Gasteiger partial charge is 0.415 e. The highest BCUT2D eigenvalue weighted by Gasteiger charge is 2.19. The van der Waals surface area contributed by atoms with E-state index < -0.39 is 12.0 Å². The Bertz CT molecular complexity index is 520. The molecular weight excluding hydrogens is 328 g/mol. The number of hydrogen-bond acceptors (Lipinski definition) is 5. The van der Waals surface area contributed by atoms with Crippen LogP contribution in [0, 0.1) is 0 Å². The Balaban J connectivity index is 1.91. The van der Waals surface area contributed by atoms with E-state index in [-0.39, 0.29) is 12.5 Å². The van der Waals surface area contributed by atoms with Gasteiger partial charge in [-0.25, -0.2) is 9.63 Å². The highest BCUT2D eigenvalue weighted by molar-refractivity contribution is 7.99. The van der Waals surface area contributed by atoms with Crippen LogP contribution in [0.5, 0.6) is 5.75 Å². The zero-order chi connectivity index (χ0) is 15.9. The van der Waals surface area contributed by atoms with Crippen LogP contribution < -0.4 is 9.57 Å². The van der Waals surface area contributed by atoms with Crippen molar-refractivity contribution < 1.29 is 19.4 Å². The summed E-state index contributed by atoms with van der Waals surface area (Å²) < 4.78 is 5.31. The fourth-order valence-corrected chi connectivity index (χ4v) is 3.09. The summed E-state index contributed by atoms with van der Waals surface area (Å²) in [7, 11) is 0. The van der Waals surface area contributed by atoms with Crippen molar-refractivity contribution in [3.8, 4) is 5.75 Å². The van der Waals surface area contributed by atoms with Gasteiger partial charge in [0.2, 0.25) is 0 Å². The molecule has 0 saturated carbocycles. The number of carbonyl (C=O) groups excluding carboxylic acids is 1. The second kappa shape index (κ2) is 8.26. The number of thioether (sulfide) groups is 1. The number of amides is 1. The molecule has 22 heavy (non-hydrogen) atoms. The van der Waals surface area contributed by atoms with Crippen LogP contribution >= 0.6 is 23.5 Å². The fourth-order valence-electron chi connectivity index (χ4n) is 2.01. The second-order valence-corrected chi connectivity index (χ2v) is 6.26. The number of carbonyl (C=O) groups is 2. The SMILES string of the molecule is O=C(O)[C@H](Cc1ccc(OC(=O)N2CCSCC2)cc1)NCl. The van der Waals surface area contributed by atoms with Gasteiger partial charge >= 0.3 is 12.1 Å². The molecule has 6 nitrogen and oxygen atoms in total. The molecule has 1 aliphatic heterocycles. The summed E-state index contributed by atoms with van der Waals surface area (Å²) in [6.07, 6.45) is -0.102. The zero-order valence-corrected chi connectivity index (χ0v) is 13.4. The molecule has 1 fully saturated rings. The van der Waals surface area contributed by atoms with Crippen molar-refractivity contribution in [3.63, 3.8) is 0 Å². The summed E-state index contributed by atoms with van der Waals surface area (Å²) in [5, 5.41) is 8.93. The molecule has 0 radical (unpaired) electrons. The summed E-state index contributed by atoms with van der Waals surface area (Å²) in [5.74, 6) is 1.28. The van der Waals surface area contributed by atoms with Gasteiger partial charge in [0.25, 0.3) is 0 Å². The third-order valence-electron chi connectivity index (χ3n) is 3.27. The number of carboxylic acids is 1. The van der Waals surface area contributed by atoms with Crippen LogP contribution in [0.15, 0.2) is 24.3 Å². The van der Waals surface area contributed by atoms with Gasteiger partial charge in [-0.15, -0.1) is 0 Å². The van der Waals surface area contributed by atoms with E-state index in [0.717, 1.165) is 17.1 Å². The maximum Gasteiger partial charge on any atom is 0.415 e. The van der Waals surface area contributed by atoms with Gasteiger partial charge in [-0.05, 0) is 35.9 Å². The number of ether oxygens (including phenoxy) is 1. The second-order valence-electron chi connectivity index (χ2n) is 4.82. The van der Waals surface area contributed by atoms with Crippen molar-refractivity contribution in [3.05, 3.63) is 29.8 Å². The normalized spacial score (nSPS) is 16.1. The molecule has 2 rings (SSSR count). The molecule has 8 heteroatoms. The number of rotatable bonds is 5. The number of aliphatic carboxylic acids is 1. The molecule has 2 N–H and O–H groups in total. The van der Waals surface area contributed by atoms with Gasteiger partial charge < -0.3 is 14.7 Å². The van der Waals surface area contributed by atoms with Gasteiger partial charge in [0.1, 0.15) is 11.8 Å². The molecule has 120 valence electrons. The third-order valence-corrected chi connectivity index (χ3v) is 4.47. The monoisotopic (exact) mass is 344 g/mol. The minimum Gasteiger partial charge on any atom is -0.480 e. The first-order chi connectivity index (χ1) is 10.6. The Labute approximate surface area is 137 Å². The molecule has 1 aromatic carbocycles. The summed E-state index contributed by atoms with van der Waals surface area (Å²) in [5.41, 5.74) is 0.787. The number of benzene rings is 1. The average molecular weight is 345 g/mol. The number of nitrogens with one attached hydrogen (secondary N) is 1. The molecule has 1 aromatic rings. The summed E-state index contributed by atoms with van der Waals surface area (Å²) >= 11 is 7.21. The van der Waals surface area contributed by atoms with Crippen LogP contribution in [0.4, 0.5) is 4.79 Å². The summed E-state index contributed by atoms with van der Waals surface area (Å²) in [4.78, 5) is 26.8. The summed E-state index contributed by atoms with van der Waals surface area (Å²) in [6.45, 7) is 1.40. The van der Waals surface area contributed by atoms with Crippen molar-refractivity contribution in [1.82, 2.24) is 9.74 Å². The van der Waals surface area contributed by atoms with Gasteiger partial charge in [-0.2, -0.15) is 11.8 Å². The molecular formula is C14H17ClN2O4S. The largest absolute Gasteiger partial charge is 0.480 e. The lowest BCUT2D eigenvalue weighted by Crippen LogP contribution is -2.39. The third kappa shape index (κ3) is 4.79. The molecule has 1 amide bonds. The van der Waals surface area contributed by atoms with Crippen LogP contribution in [0.1, 0.15) is 5.56 Å². The predicted molar refractivity (Wildman–Crippen MR) is 85.5 cm³/mol. The number of hydrogen-bond donors (Lipinski definition) is 2. The van der Waals surface area contributed by atoms with Gasteiger partial charge in [-0.3, -0.25) is 4.79 Å². The first-order valence-corrected chi connectivity index (χ1v) is 8.36. The lowest BCUT2D eigenvalue weighted by molar-refractivity contribution is -0.138. The van der Waals surface area contributed by atoms with Gasteiger partial charge in [-0.1, -0.05) is 12.1 Å². The Morgan fingerprint density at radius 3 is 2.50 bits per heavy atom. The zero-order valence-electron chi connectivity index (χ0n) is 11.8. The van der Waals surface area contributed by atoms with Gasteiger partial charge in [0.15, 0.2) is 0 Å². The Hall–Kier alpha value is -1.44. The standard InChI is InChI=1S/C14H17ClN2O4S/c15-16-12(13(18)19)9-10-1-3-11(4-2-10)21-14(20)17-5-7-22-8-6-17/h1-4,12,16H,5-9H2,(H,18,19)/t12-/m0/s1. The number of halogens is 1. The molecule has 1 heterocycles. The maximum atomic E-state index is 12.0. The molecule has 1 aliphatic rings. The Kier molecular flexibility index (Phi) is 6.35. The maximum absolute atomic E-state index is 12.0. The van der Waals surface area contributed by atoms with Crippen molar-refractivity contribution in [1.29, 1.82) is 0 Å². The summed E-state index contributed by atoms with van der Waals surface area (Å²) in [6, 6.07) is 5.89. The van der Waals surface area contributed by atoms with Crippen molar-refractivity contribution >= 4 is 35.6 Å². The minimum atomic E-state index is -1.02. The predicted octanol–water partition coefficient (Wildman–Crippen LogP) is 1.97. The van der Waals surface area contributed by atoms with E-state index in [4.69, 9.17) is 21.6 Å². The highest BCUT2D eigenvalue weighted by Crippen LogP contribution is 2.16. The lowest BCUT2D eigenvalue weighted by atomic mass is 10.1. The minimum absolute atomic E-state index is 0.246. The van der Waals surface area contributed by atoms with Crippen LogP contribution in [0.2, 0.25) is 0 Å². The number of nitrogens with zero attached hydrogens (tertiary/aromatic N) is 1. The van der Waals surface area contributed by atoms with E-state index in [2.05, 4.69) is 4.84 Å². The molecule has 0 aromatic heterocycles. The van der Waals surface area contributed by atoms with Crippen molar-refractivity contribution in [2.45, 2.75) is 12.5 Å².